The highest BCUT2D eigenvalue weighted by Gasteiger charge is 2.10. The molecule has 0 N–H and O–H groups in total. The molecule has 1 aromatic heterocycles. The maximum absolute atomic E-state index is 11.2. The van der Waals surface area contributed by atoms with Crippen molar-refractivity contribution in [1.29, 1.82) is 0 Å². The molecule has 0 unspecified atom stereocenters. The first-order valence-corrected chi connectivity index (χ1v) is 4.13. The van der Waals surface area contributed by atoms with Gasteiger partial charge in [-0.25, -0.2) is 4.98 Å². The summed E-state index contributed by atoms with van der Waals surface area (Å²) in [6.07, 6.45) is 0. The van der Waals surface area contributed by atoms with E-state index in [1.807, 2.05) is 12.3 Å². The van der Waals surface area contributed by atoms with Crippen molar-refractivity contribution < 1.29 is 4.79 Å². The van der Waals surface area contributed by atoms with E-state index in [4.69, 9.17) is 0 Å². The summed E-state index contributed by atoms with van der Waals surface area (Å²) < 4.78 is 0. The van der Waals surface area contributed by atoms with Gasteiger partial charge in [0, 0.05) is 25.2 Å². The van der Waals surface area contributed by atoms with Gasteiger partial charge >= 0.3 is 0 Å². The van der Waals surface area contributed by atoms with Gasteiger partial charge in [0.1, 0.15) is 0 Å². The first kappa shape index (κ1) is 8.20. The Hall–Kier alpha value is -0.900. The summed E-state index contributed by atoms with van der Waals surface area (Å²) >= 11 is 1.38. The number of carbonyl (C=O) groups excluding carboxylic acids is 1. The van der Waals surface area contributed by atoms with E-state index in [-0.39, 0.29) is 5.91 Å². The average molecular weight is 170 g/mol. The minimum absolute atomic E-state index is 0.0249. The largest absolute Gasteiger partial charge is 0.343 e. The quantitative estimate of drug-likeness (QED) is 0.633. The second-order valence-electron chi connectivity index (χ2n) is 2.49. The molecule has 0 spiro atoms. The van der Waals surface area contributed by atoms with Crippen LogP contribution in [0.15, 0.2) is 5.38 Å². The molecule has 0 aliphatic rings. The van der Waals surface area contributed by atoms with Gasteiger partial charge in [0.2, 0.25) is 0 Å². The summed E-state index contributed by atoms with van der Waals surface area (Å²) in [6.45, 7) is 1.88. The lowest BCUT2D eigenvalue weighted by atomic mass is 10.5. The molecule has 1 aromatic rings. The second-order valence-corrected chi connectivity index (χ2v) is 3.35. The van der Waals surface area contributed by atoms with E-state index in [0.29, 0.717) is 5.01 Å². The fraction of sp³-hybridized carbons (Fsp3) is 0.429. The molecule has 1 rings (SSSR count). The topological polar surface area (TPSA) is 33.2 Å². The Morgan fingerprint density at radius 2 is 2.27 bits per heavy atom. The molecule has 0 radical (unpaired) electrons. The number of hydrogen-bond acceptors (Lipinski definition) is 3. The number of aromatic nitrogens is 1. The average Bonchev–Trinajstić information content (AvgIpc) is 2.34. The number of hydrogen-bond donors (Lipinski definition) is 0. The number of nitrogens with zero attached hydrogens (tertiary/aromatic N) is 2. The Morgan fingerprint density at radius 1 is 1.64 bits per heavy atom. The molecule has 1 amide bonds. The number of thiazole rings is 1. The molecule has 0 saturated carbocycles. The van der Waals surface area contributed by atoms with E-state index in [1.54, 1.807) is 14.1 Å². The Labute approximate surface area is 69.7 Å². The lowest BCUT2D eigenvalue weighted by molar-refractivity contribution is 0.0827. The van der Waals surface area contributed by atoms with Crippen LogP contribution in [-0.2, 0) is 0 Å². The van der Waals surface area contributed by atoms with Crippen LogP contribution in [0.1, 0.15) is 15.5 Å². The van der Waals surface area contributed by atoms with Crippen molar-refractivity contribution in [2.45, 2.75) is 6.92 Å². The maximum atomic E-state index is 11.2. The normalized spacial score (nSPS) is 9.73. The summed E-state index contributed by atoms with van der Waals surface area (Å²) in [6, 6.07) is 0. The molecule has 0 bridgehead atoms. The van der Waals surface area contributed by atoms with Gasteiger partial charge in [-0.1, -0.05) is 0 Å². The van der Waals surface area contributed by atoms with E-state index in [1.165, 1.54) is 16.2 Å². The second kappa shape index (κ2) is 3.00. The first-order valence-electron chi connectivity index (χ1n) is 3.25. The summed E-state index contributed by atoms with van der Waals surface area (Å²) in [5.74, 6) is -0.0249. The lowest BCUT2D eigenvalue weighted by Crippen LogP contribution is -2.21. The van der Waals surface area contributed by atoms with Crippen LogP contribution >= 0.6 is 11.3 Å². The van der Waals surface area contributed by atoms with Gasteiger partial charge in [0.25, 0.3) is 5.91 Å². The predicted molar refractivity (Wildman–Crippen MR) is 44.9 cm³/mol. The fourth-order valence-electron chi connectivity index (χ4n) is 0.643. The Bertz CT molecular complexity index is 267. The molecule has 4 heteroatoms. The Balaban J connectivity index is 2.85. The van der Waals surface area contributed by atoms with E-state index in [9.17, 15) is 4.79 Å². The molecular formula is C7H10N2OS. The number of carbonyl (C=O) groups is 1. The monoisotopic (exact) mass is 170 g/mol. The molecule has 0 aliphatic carbocycles. The first-order chi connectivity index (χ1) is 5.11. The van der Waals surface area contributed by atoms with Crippen LogP contribution in [0.5, 0.6) is 0 Å². The van der Waals surface area contributed by atoms with Crippen LogP contribution in [0.3, 0.4) is 0 Å². The standard InChI is InChI=1S/C7H10N2OS/c1-5-4-11-6(8-5)7(10)9(2)3/h4H,1-3H3. The Morgan fingerprint density at radius 3 is 2.64 bits per heavy atom. The summed E-state index contributed by atoms with van der Waals surface area (Å²) in [7, 11) is 3.44. The zero-order valence-corrected chi connectivity index (χ0v) is 7.60. The van der Waals surface area contributed by atoms with Gasteiger partial charge in [-0.05, 0) is 6.92 Å². The van der Waals surface area contributed by atoms with Crippen molar-refractivity contribution in [3.05, 3.63) is 16.1 Å². The summed E-state index contributed by atoms with van der Waals surface area (Å²) in [4.78, 5) is 16.8. The Kier molecular flexibility index (Phi) is 2.24. The zero-order valence-electron chi connectivity index (χ0n) is 6.79. The van der Waals surface area contributed by atoms with Gasteiger partial charge in [-0.15, -0.1) is 11.3 Å². The highest BCUT2D eigenvalue weighted by Crippen LogP contribution is 2.09. The van der Waals surface area contributed by atoms with Gasteiger partial charge < -0.3 is 4.90 Å². The van der Waals surface area contributed by atoms with Crippen molar-refractivity contribution in [1.82, 2.24) is 9.88 Å². The van der Waals surface area contributed by atoms with Crippen molar-refractivity contribution in [2.24, 2.45) is 0 Å². The highest BCUT2D eigenvalue weighted by molar-refractivity contribution is 7.11. The third kappa shape index (κ3) is 1.77. The molecule has 11 heavy (non-hydrogen) atoms. The van der Waals surface area contributed by atoms with Crippen molar-refractivity contribution in [3.8, 4) is 0 Å². The van der Waals surface area contributed by atoms with E-state index >= 15 is 0 Å². The van der Waals surface area contributed by atoms with Crippen LogP contribution in [-0.4, -0.2) is 29.9 Å². The maximum Gasteiger partial charge on any atom is 0.282 e. The minimum atomic E-state index is -0.0249. The van der Waals surface area contributed by atoms with Crippen molar-refractivity contribution >= 4 is 17.2 Å². The van der Waals surface area contributed by atoms with Gasteiger partial charge in [-0.2, -0.15) is 0 Å². The van der Waals surface area contributed by atoms with Crippen LogP contribution in [0, 0.1) is 6.92 Å². The van der Waals surface area contributed by atoms with Gasteiger partial charge in [0.05, 0.1) is 0 Å². The third-order valence-corrected chi connectivity index (χ3v) is 2.16. The number of amides is 1. The molecule has 1 heterocycles. The predicted octanol–water partition coefficient (Wildman–Crippen LogP) is 1.15. The molecule has 0 fully saturated rings. The van der Waals surface area contributed by atoms with E-state index in [0.717, 1.165) is 5.69 Å². The molecule has 0 aliphatic heterocycles. The van der Waals surface area contributed by atoms with Crippen molar-refractivity contribution in [3.63, 3.8) is 0 Å². The molecule has 0 aromatic carbocycles. The summed E-state index contributed by atoms with van der Waals surface area (Å²) in [5, 5.41) is 2.43. The van der Waals surface area contributed by atoms with Crippen molar-refractivity contribution in [2.75, 3.05) is 14.1 Å². The molecule has 3 nitrogen and oxygen atoms in total. The van der Waals surface area contributed by atoms with Crippen LogP contribution in [0.2, 0.25) is 0 Å². The molecule has 0 atom stereocenters. The number of rotatable bonds is 1. The van der Waals surface area contributed by atoms with Crippen LogP contribution in [0.25, 0.3) is 0 Å². The molecular weight excluding hydrogens is 160 g/mol. The fourth-order valence-corrected chi connectivity index (χ4v) is 1.46. The third-order valence-electron chi connectivity index (χ3n) is 1.21. The van der Waals surface area contributed by atoms with Crippen LogP contribution < -0.4 is 0 Å². The van der Waals surface area contributed by atoms with Crippen LogP contribution in [0.4, 0.5) is 0 Å². The summed E-state index contributed by atoms with van der Waals surface area (Å²) in [5.41, 5.74) is 0.903. The SMILES string of the molecule is Cc1csc(C(=O)N(C)C)n1. The smallest absolute Gasteiger partial charge is 0.282 e. The number of aryl methyl sites for hydroxylation is 1. The van der Waals surface area contributed by atoms with E-state index in [2.05, 4.69) is 4.98 Å². The molecule has 60 valence electrons. The zero-order chi connectivity index (χ0) is 8.43. The molecule has 0 saturated heterocycles. The minimum Gasteiger partial charge on any atom is -0.343 e. The lowest BCUT2D eigenvalue weighted by Gasteiger charge is -2.05. The van der Waals surface area contributed by atoms with E-state index < -0.39 is 0 Å². The highest BCUT2D eigenvalue weighted by atomic mass is 32.1. The van der Waals surface area contributed by atoms with Gasteiger partial charge in [0.15, 0.2) is 5.01 Å². The van der Waals surface area contributed by atoms with Gasteiger partial charge in [-0.3, -0.25) is 4.79 Å².